The average Bonchev–Trinajstić information content (AvgIpc) is 2.69. The van der Waals surface area contributed by atoms with Crippen molar-refractivity contribution < 1.29 is 27.8 Å². The standard InChI is InChI=1S/C13H14F3NO3/c1-7-3-4-10(8(2)11(7)13(14,15)16)17-9(5-18)6-20-12(17)19/h3-4,9,18H,5-6H2,1-2H3/t9-/m0/s1. The summed E-state index contributed by atoms with van der Waals surface area (Å²) in [4.78, 5) is 12.7. The Hall–Kier alpha value is -1.76. The van der Waals surface area contributed by atoms with Gasteiger partial charge in [0.05, 0.1) is 23.9 Å². The van der Waals surface area contributed by atoms with Crippen LogP contribution in [0.1, 0.15) is 16.7 Å². The Balaban J connectivity index is 2.56. The maximum absolute atomic E-state index is 13.1. The lowest BCUT2D eigenvalue weighted by molar-refractivity contribution is -0.138. The second-order valence-corrected chi connectivity index (χ2v) is 4.68. The molecule has 4 nitrogen and oxygen atoms in total. The summed E-state index contributed by atoms with van der Waals surface area (Å²) in [7, 11) is 0. The van der Waals surface area contributed by atoms with E-state index in [2.05, 4.69) is 0 Å². The zero-order chi connectivity index (χ0) is 15.1. The lowest BCUT2D eigenvalue weighted by atomic mass is 9.99. The van der Waals surface area contributed by atoms with Gasteiger partial charge in [0.25, 0.3) is 0 Å². The molecule has 1 amide bonds. The minimum Gasteiger partial charge on any atom is -0.447 e. The third-order valence-electron chi connectivity index (χ3n) is 3.36. The lowest BCUT2D eigenvalue weighted by Crippen LogP contribution is -2.36. The monoisotopic (exact) mass is 289 g/mol. The average molecular weight is 289 g/mol. The maximum atomic E-state index is 13.1. The van der Waals surface area contributed by atoms with Gasteiger partial charge < -0.3 is 9.84 Å². The molecule has 1 fully saturated rings. The molecule has 0 aromatic heterocycles. The summed E-state index contributed by atoms with van der Waals surface area (Å²) in [5.41, 5.74) is -0.600. The van der Waals surface area contributed by atoms with E-state index < -0.39 is 23.9 Å². The number of cyclic esters (lactones) is 1. The van der Waals surface area contributed by atoms with Gasteiger partial charge in [-0.1, -0.05) is 6.07 Å². The number of aliphatic hydroxyl groups excluding tert-OH is 1. The topological polar surface area (TPSA) is 49.8 Å². The Labute approximate surface area is 113 Å². The van der Waals surface area contributed by atoms with Crippen molar-refractivity contribution in [3.63, 3.8) is 0 Å². The van der Waals surface area contributed by atoms with Gasteiger partial charge in [0, 0.05) is 0 Å². The summed E-state index contributed by atoms with van der Waals surface area (Å²) < 4.78 is 44.0. The van der Waals surface area contributed by atoms with Crippen LogP contribution < -0.4 is 4.90 Å². The van der Waals surface area contributed by atoms with Crippen molar-refractivity contribution in [1.29, 1.82) is 0 Å². The molecule has 0 saturated carbocycles. The number of carbonyl (C=O) groups excluding carboxylic acids is 1. The lowest BCUT2D eigenvalue weighted by Gasteiger charge is -2.24. The first kappa shape index (κ1) is 14.6. The maximum Gasteiger partial charge on any atom is 0.416 e. The Morgan fingerprint density at radius 2 is 2.05 bits per heavy atom. The number of ether oxygens (including phenoxy) is 1. The highest BCUT2D eigenvalue weighted by Gasteiger charge is 2.39. The van der Waals surface area contributed by atoms with Crippen molar-refractivity contribution in [3.8, 4) is 0 Å². The number of halogens is 3. The molecular weight excluding hydrogens is 275 g/mol. The van der Waals surface area contributed by atoms with Crippen LogP contribution in [0.4, 0.5) is 23.7 Å². The van der Waals surface area contributed by atoms with E-state index in [1.165, 1.54) is 26.0 Å². The molecule has 1 atom stereocenters. The van der Waals surface area contributed by atoms with Gasteiger partial charge in [-0.2, -0.15) is 13.2 Å². The van der Waals surface area contributed by atoms with Crippen molar-refractivity contribution in [1.82, 2.24) is 0 Å². The van der Waals surface area contributed by atoms with Crippen LogP contribution in [0.5, 0.6) is 0 Å². The number of nitrogens with zero attached hydrogens (tertiary/aromatic N) is 1. The van der Waals surface area contributed by atoms with E-state index in [1.807, 2.05) is 0 Å². The fourth-order valence-corrected chi connectivity index (χ4v) is 2.42. The Morgan fingerprint density at radius 1 is 1.40 bits per heavy atom. The van der Waals surface area contributed by atoms with Crippen molar-refractivity contribution in [3.05, 3.63) is 28.8 Å². The van der Waals surface area contributed by atoms with Crippen LogP contribution in [-0.4, -0.2) is 30.5 Å². The zero-order valence-electron chi connectivity index (χ0n) is 11.0. The molecule has 1 saturated heterocycles. The molecule has 1 N–H and O–H groups in total. The normalized spacial score (nSPS) is 19.4. The number of carbonyl (C=O) groups is 1. The molecule has 0 unspecified atom stereocenters. The van der Waals surface area contributed by atoms with E-state index in [0.717, 1.165) is 4.90 Å². The number of hydrogen-bond donors (Lipinski definition) is 1. The molecule has 7 heteroatoms. The van der Waals surface area contributed by atoms with Gasteiger partial charge in [0.1, 0.15) is 6.61 Å². The van der Waals surface area contributed by atoms with Crippen molar-refractivity contribution in [2.75, 3.05) is 18.1 Å². The molecule has 110 valence electrons. The molecule has 1 heterocycles. The number of aliphatic hydroxyl groups is 1. The first-order chi connectivity index (χ1) is 9.27. The summed E-state index contributed by atoms with van der Waals surface area (Å²) in [6.45, 7) is 2.26. The molecule has 1 aromatic carbocycles. The summed E-state index contributed by atoms with van der Waals surface area (Å²) in [5, 5.41) is 9.19. The molecule has 0 bridgehead atoms. The molecule has 1 aliphatic rings. The minimum atomic E-state index is -4.50. The quantitative estimate of drug-likeness (QED) is 0.910. The number of benzene rings is 1. The molecular formula is C13H14F3NO3. The number of aryl methyl sites for hydroxylation is 1. The number of amides is 1. The van der Waals surface area contributed by atoms with E-state index in [-0.39, 0.29) is 30.0 Å². The van der Waals surface area contributed by atoms with E-state index in [9.17, 15) is 23.1 Å². The van der Waals surface area contributed by atoms with E-state index in [4.69, 9.17) is 4.74 Å². The third-order valence-corrected chi connectivity index (χ3v) is 3.36. The zero-order valence-corrected chi connectivity index (χ0v) is 11.0. The van der Waals surface area contributed by atoms with E-state index >= 15 is 0 Å². The van der Waals surface area contributed by atoms with Gasteiger partial charge in [0.15, 0.2) is 0 Å². The van der Waals surface area contributed by atoms with Gasteiger partial charge in [-0.3, -0.25) is 4.90 Å². The predicted octanol–water partition coefficient (Wildman–Crippen LogP) is 2.64. The van der Waals surface area contributed by atoms with Crippen molar-refractivity contribution in [2.45, 2.75) is 26.1 Å². The fraction of sp³-hybridized carbons (Fsp3) is 0.462. The number of hydrogen-bond acceptors (Lipinski definition) is 3. The van der Waals surface area contributed by atoms with Gasteiger partial charge in [-0.05, 0) is 31.0 Å². The fourth-order valence-electron chi connectivity index (χ4n) is 2.42. The summed E-state index contributed by atoms with van der Waals surface area (Å²) in [6, 6.07) is 2.09. The SMILES string of the molecule is Cc1ccc(N2C(=O)OC[C@@H]2CO)c(C)c1C(F)(F)F. The molecule has 1 aliphatic heterocycles. The molecule has 0 spiro atoms. The molecule has 20 heavy (non-hydrogen) atoms. The Morgan fingerprint density at radius 3 is 2.60 bits per heavy atom. The Bertz CT molecular complexity index is 542. The van der Waals surface area contributed by atoms with Crippen LogP contribution in [-0.2, 0) is 10.9 Å². The molecule has 2 rings (SSSR count). The van der Waals surface area contributed by atoms with Crippen molar-refractivity contribution in [2.24, 2.45) is 0 Å². The van der Waals surface area contributed by atoms with Gasteiger partial charge in [-0.15, -0.1) is 0 Å². The van der Waals surface area contributed by atoms with Crippen LogP contribution >= 0.6 is 0 Å². The smallest absolute Gasteiger partial charge is 0.416 e. The number of alkyl halides is 3. The minimum absolute atomic E-state index is 0.0377. The van der Waals surface area contributed by atoms with Crippen molar-refractivity contribution >= 4 is 11.8 Å². The molecule has 0 radical (unpaired) electrons. The largest absolute Gasteiger partial charge is 0.447 e. The molecule has 0 aliphatic carbocycles. The third kappa shape index (κ3) is 2.33. The first-order valence-electron chi connectivity index (χ1n) is 6.01. The summed E-state index contributed by atoms with van der Waals surface area (Å²) in [5.74, 6) is 0. The van der Waals surface area contributed by atoms with Gasteiger partial charge in [-0.25, -0.2) is 4.79 Å². The van der Waals surface area contributed by atoms with Gasteiger partial charge >= 0.3 is 12.3 Å². The van der Waals surface area contributed by atoms with Crippen LogP contribution in [0, 0.1) is 13.8 Å². The van der Waals surface area contributed by atoms with Gasteiger partial charge in [0.2, 0.25) is 0 Å². The van der Waals surface area contributed by atoms with E-state index in [1.54, 1.807) is 0 Å². The van der Waals surface area contributed by atoms with Crippen LogP contribution in [0.25, 0.3) is 0 Å². The first-order valence-corrected chi connectivity index (χ1v) is 6.01. The van der Waals surface area contributed by atoms with Crippen LogP contribution in [0.2, 0.25) is 0 Å². The van der Waals surface area contributed by atoms with Crippen LogP contribution in [0.3, 0.4) is 0 Å². The molecule has 1 aromatic rings. The van der Waals surface area contributed by atoms with E-state index in [0.29, 0.717) is 0 Å². The number of rotatable bonds is 2. The summed E-state index contributed by atoms with van der Waals surface area (Å²) in [6.07, 6.45) is -5.24. The summed E-state index contributed by atoms with van der Waals surface area (Å²) >= 11 is 0. The highest BCUT2D eigenvalue weighted by Crippen LogP contribution is 2.39. The second kappa shape index (κ2) is 4.97. The predicted molar refractivity (Wildman–Crippen MR) is 65.6 cm³/mol. The highest BCUT2D eigenvalue weighted by molar-refractivity contribution is 5.91. The highest BCUT2D eigenvalue weighted by atomic mass is 19.4. The van der Waals surface area contributed by atoms with Crippen LogP contribution in [0.15, 0.2) is 12.1 Å². The second-order valence-electron chi connectivity index (χ2n) is 4.68. The number of anilines is 1. The Kier molecular flexibility index (Phi) is 3.64.